The minimum atomic E-state index is -0.340. The number of rotatable bonds is 5. The standard InChI is InChI=1S/C13H18N2O2/c1-3-13(6-7-13)9-14-11-4-5-12(15(16)17)10(2)8-11/h4-5,8,14H,3,6-7,9H2,1-2H3. The summed E-state index contributed by atoms with van der Waals surface area (Å²) in [4.78, 5) is 10.4. The van der Waals surface area contributed by atoms with Crippen molar-refractivity contribution in [3.05, 3.63) is 33.9 Å². The molecular formula is C13H18N2O2. The lowest BCUT2D eigenvalue weighted by Crippen LogP contribution is -2.14. The molecule has 1 N–H and O–H groups in total. The molecule has 0 saturated heterocycles. The average molecular weight is 234 g/mol. The second-order valence-corrected chi connectivity index (χ2v) is 4.97. The zero-order valence-corrected chi connectivity index (χ0v) is 10.3. The maximum atomic E-state index is 10.7. The first kappa shape index (κ1) is 11.9. The van der Waals surface area contributed by atoms with Gasteiger partial charge in [-0.05, 0) is 43.7 Å². The van der Waals surface area contributed by atoms with Crippen molar-refractivity contribution >= 4 is 11.4 Å². The van der Waals surface area contributed by atoms with Crippen LogP contribution < -0.4 is 5.32 Å². The maximum absolute atomic E-state index is 10.7. The van der Waals surface area contributed by atoms with E-state index in [1.165, 1.54) is 19.3 Å². The third kappa shape index (κ3) is 2.57. The first-order valence-corrected chi connectivity index (χ1v) is 6.05. The van der Waals surface area contributed by atoms with Gasteiger partial charge in [0.25, 0.3) is 5.69 Å². The van der Waals surface area contributed by atoms with Gasteiger partial charge < -0.3 is 5.32 Å². The summed E-state index contributed by atoms with van der Waals surface area (Å²) >= 11 is 0. The van der Waals surface area contributed by atoms with Gasteiger partial charge in [-0.2, -0.15) is 0 Å². The van der Waals surface area contributed by atoms with Crippen molar-refractivity contribution in [3.63, 3.8) is 0 Å². The third-order valence-corrected chi connectivity index (χ3v) is 3.77. The van der Waals surface area contributed by atoms with Crippen LogP contribution in [0.2, 0.25) is 0 Å². The number of nitrogens with zero attached hydrogens (tertiary/aromatic N) is 1. The molecule has 2 rings (SSSR count). The Bertz CT molecular complexity index is 439. The summed E-state index contributed by atoms with van der Waals surface area (Å²) < 4.78 is 0. The Balaban J connectivity index is 2.03. The van der Waals surface area contributed by atoms with Crippen molar-refractivity contribution in [1.29, 1.82) is 0 Å². The molecule has 4 nitrogen and oxygen atoms in total. The molecule has 1 aliphatic carbocycles. The Morgan fingerprint density at radius 1 is 1.47 bits per heavy atom. The minimum Gasteiger partial charge on any atom is -0.384 e. The Hall–Kier alpha value is -1.58. The molecule has 92 valence electrons. The molecule has 0 amide bonds. The molecule has 0 atom stereocenters. The lowest BCUT2D eigenvalue weighted by Gasteiger charge is -2.14. The number of nitro benzene ring substituents is 1. The zero-order chi connectivity index (χ0) is 12.5. The maximum Gasteiger partial charge on any atom is 0.272 e. The van der Waals surface area contributed by atoms with Gasteiger partial charge in [0, 0.05) is 23.9 Å². The van der Waals surface area contributed by atoms with E-state index in [2.05, 4.69) is 12.2 Å². The highest BCUT2D eigenvalue weighted by Gasteiger charge is 2.40. The number of anilines is 1. The van der Waals surface area contributed by atoms with Crippen LogP contribution in [0.4, 0.5) is 11.4 Å². The number of benzene rings is 1. The van der Waals surface area contributed by atoms with Crippen LogP contribution in [0, 0.1) is 22.5 Å². The normalized spacial score (nSPS) is 16.6. The van der Waals surface area contributed by atoms with Crippen molar-refractivity contribution in [2.75, 3.05) is 11.9 Å². The van der Waals surface area contributed by atoms with Crippen molar-refractivity contribution in [3.8, 4) is 0 Å². The minimum absolute atomic E-state index is 0.187. The van der Waals surface area contributed by atoms with E-state index in [1.54, 1.807) is 19.1 Å². The highest BCUT2D eigenvalue weighted by molar-refractivity contribution is 5.53. The van der Waals surface area contributed by atoms with E-state index in [0.29, 0.717) is 11.0 Å². The topological polar surface area (TPSA) is 55.2 Å². The summed E-state index contributed by atoms with van der Waals surface area (Å²) in [5, 5.41) is 14.1. The summed E-state index contributed by atoms with van der Waals surface area (Å²) in [6.45, 7) is 4.96. The highest BCUT2D eigenvalue weighted by Crippen LogP contribution is 2.48. The number of nitro groups is 1. The van der Waals surface area contributed by atoms with Crippen molar-refractivity contribution in [1.82, 2.24) is 0 Å². The van der Waals surface area contributed by atoms with Gasteiger partial charge >= 0.3 is 0 Å². The van der Waals surface area contributed by atoms with Gasteiger partial charge in [-0.15, -0.1) is 0 Å². The molecule has 0 unspecified atom stereocenters. The predicted molar refractivity (Wildman–Crippen MR) is 68.3 cm³/mol. The van der Waals surface area contributed by atoms with E-state index in [9.17, 15) is 10.1 Å². The first-order valence-electron chi connectivity index (χ1n) is 6.05. The van der Waals surface area contributed by atoms with Crippen LogP contribution in [-0.4, -0.2) is 11.5 Å². The summed E-state index contributed by atoms with van der Waals surface area (Å²) in [5.41, 5.74) is 2.36. The number of hydrogen-bond acceptors (Lipinski definition) is 3. The molecule has 1 saturated carbocycles. The van der Waals surface area contributed by atoms with Crippen LogP contribution in [0.25, 0.3) is 0 Å². The smallest absolute Gasteiger partial charge is 0.272 e. The number of nitrogens with one attached hydrogen (secondary N) is 1. The average Bonchev–Trinajstić information content (AvgIpc) is 3.07. The summed E-state index contributed by atoms with van der Waals surface area (Å²) in [6, 6.07) is 5.21. The second kappa shape index (κ2) is 4.35. The van der Waals surface area contributed by atoms with Crippen LogP contribution >= 0.6 is 0 Å². The van der Waals surface area contributed by atoms with Crippen molar-refractivity contribution in [2.45, 2.75) is 33.1 Å². The van der Waals surface area contributed by atoms with Gasteiger partial charge in [0.15, 0.2) is 0 Å². The molecule has 1 aromatic rings. The molecule has 0 aliphatic heterocycles. The van der Waals surface area contributed by atoms with Gasteiger partial charge in [0.05, 0.1) is 4.92 Å². The SMILES string of the molecule is CCC1(CNc2ccc([N+](=O)[O-])c(C)c2)CC1. The number of aryl methyl sites for hydroxylation is 1. The van der Waals surface area contributed by atoms with Gasteiger partial charge in [-0.25, -0.2) is 0 Å². The van der Waals surface area contributed by atoms with E-state index in [-0.39, 0.29) is 10.6 Å². The van der Waals surface area contributed by atoms with E-state index in [0.717, 1.165) is 12.2 Å². The fourth-order valence-electron chi connectivity index (χ4n) is 2.09. The molecule has 1 aliphatic rings. The summed E-state index contributed by atoms with van der Waals surface area (Å²) in [5.74, 6) is 0. The lowest BCUT2D eigenvalue weighted by molar-refractivity contribution is -0.385. The summed E-state index contributed by atoms with van der Waals surface area (Å²) in [6.07, 6.45) is 3.79. The molecule has 1 aromatic carbocycles. The third-order valence-electron chi connectivity index (χ3n) is 3.77. The highest BCUT2D eigenvalue weighted by atomic mass is 16.6. The Morgan fingerprint density at radius 3 is 2.65 bits per heavy atom. The van der Waals surface area contributed by atoms with Crippen LogP contribution in [0.5, 0.6) is 0 Å². The molecule has 1 fully saturated rings. The summed E-state index contributed by atoms with van der Waals surface area (Å²) in [7, 11) is 0. The van der Waals surface area contributed by atoms with Gasteiger partial charge in [-0.1, -0.05) is 6.92 Å². The molecule has 4 heteroatoms. The van der Waals surface area contributed by atoms with Gasteiger partial charge in [0.2, 0.25) is 0 Å². The Morgan fingerprint density at radius 2 is 2.18 bits per heavy atom. The number of hydrogen-bond donors (Lipinski definition) is 1. The molecule has 0 heterocycles. The molecule has 0 radical (unpaired) electrons. The van der Waals surface area contributed by atoms with Crippen molar-refractivity contribution in [2.24, 2.45) is 5.41 Å². The molecule has 0 bridgehead atoms. The lowest BCUT2D eigenvalue weighted by atomic mass is 10.0. The van der Waals surface area contributed by atoms with E-state index >= 15 is 0 Å². The van der Waals surface area contributed by atoms with E-state index in [4.69, 9.17) is 0 Å². The van der Waals surface area contributed by atoms with Crippen LogP contribution in [-0.2, 0) is 0 Å². The monoisotopic (exact) mass is 234 g/mol. The van der Waals surface area contributed by atoms with Gasteiger partial charge in [0.1, 0.15) is 0 Å². The van der Waals surface area contributed by atoms with Crippen LogP contribution in [0.15, 0.2) is 18.2 Å². The van der Waals surface area contributed by atoms with E-state index < -0.39 is 0 Å². The first-order chi connectivity index (χ1) is 8.06. The molecular weight excluding hydrogens is 216 g/mol. The molecule has 17 heavy (non-hydrogen) atoms. The molecule has 0 aromatic heterocycles. The van der Waals surface area contributed by atoms with Crippen LogP contribution in [0.1, 0.15) is 31.7 Å². The van der Waals surface area contributed by atoms with E-state index in [1.807, 2.05) is 6.07 Å². The van der Waals surface area contributed by atoms with Crippen LogP contribution in [0.3, 0.4) is 0 Å². The second-order valence-electron chi connectivity index (χ2n) is 4.97. The predicted octanol–water partition coefficient (Wildman–Crippen LogP) is 3.51. The fourth-order valence-corrected chi connectivity index (χ4v) is 2.09. The van der Waals surface area contributed by atoms with Gasteiger partial charge in [-0.3, -0.25) is 10.1 Å². The largest absolute Gasteiger partial charge is 0.384 e. The Labute approximate surface area is 101 Å². The zero-order valence-electron chi connectivity index (χ0n) is 10.3. The molecule has 0 spiro atoms. The Kier molecular flexibility index (Phi) is 3.05. The quantitative estimate of drug-likeness (QED) is 0.626. The van der Waals surface area contributed by atoms with Crippen molar-refractivity contribution < 1.29 is 4.92 Å². The fraction of sp³-hybridized carbons (Fsp3) is 0.538.